The van der Waals surface area contributed by atoms with E-state index in [-0.39, 0.29) is 5.56 Å². The van der Waals surface area contributed by atoms with Gasteiger partial charge < -0.3 is 0 Å². The molecule has 136 valence electrons. The standard InChI is InChI=1S/C16H12Cl2FN3O3S/c1-26(24,25)21-16(23)11-5-10-7-20-22(15(10)6-14(11)19)8-9-2-3-12(17)13(18)4-9/h2-7H,8H2,1H3,(H,21,23). The van der Waals surface area contributed by atoms with Crippen LogP contribution in [0.25, 0.3) is 10.9 Å². The van der Waals surface area contributed by atoms with Crippen LogP contribution >= 0.6 is 23.2 Å². The Bertz CT molecular complexity index is 1130. The van der Waals surface area contributed by atoms with Gasteiger partial charge in [0, 0.05) is 11.5 Å². The van der Waals surface area contributed by atoms with Crippen LogP contribution in [0.3, 0.4) is 0 Å². The van der Waals surface area contributed by atoms with Gasteiger partial charge in [0.05, 0.1) is 40.1 Å². The number of amides is 1. The highest BCUT2D eigenvalue weighted by Crippen LogP contribution is 2.24. The van der Waals surface area contributed by atoms with E-state index in [2.05, 4.69) is 5.10 Å². The fourth-order valence-electron chi connectivity index (χ4n) is 2.43. The summed E-state index contributed by atoms with van der Waals surface area (Å²) in [5, 5.41) is 5.49. The van der Waals surface area contributed by atoms with Crippen molar-refractivity contribution >= 4 is 50.0 Å². The predicted molar refractivity (Wildman–Crippen MR) is 97.6 cm³/mol. The summed E-state index contributed by atoms with van der Waals surface area (Å²) in [5.74, 6) is -1.89. The van der Waals surface area contributed by atoms with E-state index in [1.54, 1.807) is 22.9 Å². The minimum Gasteiger partial charge on any atom is -0.268 e. The van der Waals surface area contributed by atoms with Crippen molar-refractivity contribution in [3.63, 3.8) is 0 Å². The molecular formula is C16H12Cl2FN3O3S. The average Bonchev–Trinajstić information content (AvgIpc) is 2.90. The van der Waals surface area contributed by atoms with Gasteiger partial charge in [-0.25, -0.2) is 17.5 Å². The largest absolute Gasteiger partial charge is 0.268 e. The van der Waals surface area contributed by atoms with Crippen LogP contribution in [0, 0.1) is 5.82 Å². The molecule has 2 aromatic carbocycles. The topological polar surface area (TPSA) is 81.1 Å². The third kappa shape index (κ3) is 3.98. The summed E-state index contributed by atoms with van der Waals surface area (Å²) >= 11 is 11.9. The Balaban J connectivity index is 1.96. The molecule has 0 aliphatic carbocycles. The Hall–Kier alpha value is -2.16. The smallest absolute Gasteiger partial charge is 0.267 e. The van der Waals surface area contributed by atoms with Gasteiger partial charge in [-0.1, -0.05) is 29.3 Å². The molecule has 0 saturated heterocycles. The van der Waals surface area contributed by atoms with Crippen molar-refractivity contribution in [2.75, 3.05) is 6.26 Å². The molecule has 0 radical (unpaired) electrons. The molecule has 0 unspecified atom stereocenters. The highest BCUT2D eigenvalue weighted by atomic mass is 35.5. The minimum absolute atomic E-state index is 0.314. The van der Waals surface area contributed by atoms with Crippen LogP contribution in [0.5, 0.6) is 0 Å². The highest BCUT2D eigenvalue weighted by Gasteiger charge is 2.18. The molecule has 26 heavy (non-hydrogen) atoms. The van der Waals surface area contributed by atoms with E-state index in [1.165, 1.54) is 16.9 Å². The number of sulfonamides is 1. The number of aromatic nitrogens is 2. The summed E-state index contributed by atoms with van der Waals surface area (Å²) in [6, 6.07) is 7.49. The number of benzene rings is 2. The van der Waals surface area contributed by atoms with Gasteiger partial charge in [-0.15, -0.1) is 0 Å². The Morgan fingerprint density at radius 1 is 1.23 bits per heavy atom. The number of hydrogen-bond acceptors (Lipinski definition) is 4. The van der Waals surface area contributed by atoms with Crippen molar-refractivity contribution in [1.82, 2.24) is 14.5 Å². The van der Waals surface area contributed by atoms with Gasteiger partial charge in [0.15, 0.2) is 0 Å². The monoisotopic (exact) mass is 415 g/mol. The van der Waals surface area contributed by atoms with Crippen molar-refractivity contribution in [1.29, 1.82) is 0 Å². The summed E-state index contributed by atoms with van der Waals surface area (Å²) < 4.78 is 39.9. The second-order valence-electron chi connectivity index (χ2n) is 5.64. The fraction of sp³-hybridized carbons (Fsp3) is 0.125. The maximum Gasteiger partial charge on any atom is 0.267 e. The summed E-state index contributed by atoms with van der Waals surface area (Å²) in [5.41, 5.74) is 0.880. The number of rotatable bonds is 4. The van der Waals surface area contributed by atoms with Gasteiger partial charge in [0.2, 0.25) is 10.0 Å². The molecule has 3 rings (SSSR count). The number of nitrogens with zero attached hydrogens (tertiary/aromatic N) is 2. The Morgan fingerprint density at radius 3 is 2.62 bits per heavy atom. The molecule has 0 aliphatic heterocycles. The van der Waals surface area contributed by atoms with Crippen LogP contribution in [0.4, 0.5) is 4.39 Å². The van der Waals surface area contributed by atoms with E-state index in [0.29, 0.717) is 27.5 Å². The number of carbonyl (C=O) groups excluding carboxylic acids is 1. The molecule has 0 atom stereocenters. The molecule has 3 aromatic rings. The van der Waals surface area contributed by atoms with E-state index in [4.69, 9.17) is 23.2 Å². The van der Waals surface area contributed by atoms with Gasteiger partial charge in [-0.3, -0.25) is 9.48 Å². The second kappa shape index (κ2) is 6.86. The maximum absolute atomic E-state index is 14.3. The Labute approximate surface area is 158 Å². The maximum atomic E-state index is 14.3. The van der Waals surface area contributed by atoms with Crippen molar-refractivity contribution in [2.45, 2.75) is 6.54 Å². The van der Waals surface area contributed by atoms with Gasteiger partial charge >= 0.3 is 0 Å². The first-order valence-corrected chi connectivity index (χ1v) is 9.90. The fourth-order valence-corrected chi connectivity index (χ4v) is 3.20. The van der Waals surface area contributed by atoms with E-state index in [1.807, 2.05) is 0 Å². The number of halogens is 3. The quantitative estimate of drug-likeness (QED) is 0.708. The van der Waals surface area contributed by atoms with Crippen molar-refractivity contribution in [3.8, 4) is 0 Å². The van der Waals surface area contributed by atoms with Crippen LogP contribution in [0.15, 0.2) is 36.5 Å². The molecule has 1 amide bonds. The number of carbonyl (C=O) groups is 1. The van der Waals surface area contributed by atoms with Crippen molar-refractivity contribution in [2.24, 2.45) is 0 Å². The van der Waals surface area contributed by atoms with Crippen LogP contribution in [0.1, 0.15) is 15.9 Å². The van der Waals surface area contributed by atoms with Crippen molar-refractivity contribution in [3.05, 3.63) is 63.5 Å². The molecule has 0 bridgehead atoms. The lowest BCUT2D eigenvalue weighted by molar-refractivity contribution is 0.0978. The first-order valence-electron chi connectivity index (χ1n) is 7.25. The number of fused-ring (bicyclic) bond motifs is 1. The van der Waals surface area contributed by atoms with Crippen LogP contribution < -0.4 is 4.72 Å². The average molecular weight is 416 g/mol. The van der Waals surface area contributed by atoms with Crippen LogP contribution in [0.2, 0.25) is 10.0 Å². The van der Waals surface area contributed by atoms with Gasteiger partial charge in [0.1, 0.15) is 5.82 Å². The second-order valence-corrected chi connectivity index (χ2v) is 8.21. The predicted octanol–water partition coefficient (Wildman–Crippen LogP) is 3.22. The van der Waals surface area contributed by atoms with E-state index in [9.17, 15) is 17.6 Å². The zero-order valence-electron chi connectivity index (χ0n) is 13.3. The van der Waals surface area contributed by atoms with E-state index >= 15 is 0 Å². The zero-order chi connectivity index (χ0) is 19.1. The lowest BCUT2D eigenvalue weighted by Gasteiger charge is -2.07. The minimum atomic E-state index is -3.79. The molecule has 0 saturated carbocycles. The summed E-state index contributed by atoms with van der Waals surface area (Å²) in [6.07, 6.45) is 2.28. The van der Waals surface area contributed by atoms with Crippen LogP contribution in [-0.4, -0.2) is 30.4 Å². The van der Waals surface area contributed by atoms with Gasteiger partial charge in [-0.05, 0) is 23.8 Å². The normalized spacial score (nSPS) is 11.7. The van der Waals surface area contributed by atoms with Gasteiger partial charge in [0.25, 0.3) is 5.91 Å². The molecule has 6 nitrogen and oxygen atoms in total. The third-order valence-corrected chi connectivity index (χ3v) is 4.86. The molecule has 0 spiro atoms. The van der Waals surface area contributed by atoms with Gasteiger partial charge in [-0.2, -0.15) is 5.10 Å². The highest BCUT2D eigenvalue weighted by molar-refractivity contribution is 7.89. The lowest BCUT2D eigenvalue weighted by atomic mass is 10.1. The van der Waals surface area contributed by atoms with E-state index in [0.717, 1.165) is 17.9 Å². The third-order valence-electron chi connectivity index (χ3n) is 3.57. The number of hydrogen-bond donors (Lipinski definition) is 1. The molecule has 1 aromatic heterocycles. The summed E-state index contributed by atoms with van der Waals surface area (Å²) in [4.78, 5) is 11.9. The first-order chi connectivity index (χ1) is 12.1. The Kier molecular flexibility index (Phi) is 4.92. The molecular weight excluding hydrogens is 404 g/mol. The Morgan fingerprint density at radius 2 is 1.96 bits per heavy atom. The van der Waals surface area contributed by atoms with E-state index < -0.39 is 21.7 Å². The summed E-state index contributed by atoms with van der Waals surface area (Å²) in [6.45, 7) is 0.314. The van der Waals surface area contributed by atoms with Crippen molar-refractivity contribution < 1.29 is 17.6 Å². The molecule has 0 fully saturated rings. The molecule has 10 heteroatoms. The zero-order valence-corrected chi connectivity index (χ0v) is 15.7. The SMILES string of the molecule is CS(=O)(=O)NC(=O)c1cc2cnn(Cc3ccc(Cl)c(Cl)c3)c2cc1F. The molecule has 1 N–H and O–H groups in total. The molecule has 0 aliphatic rings. The lowest BCUT2D eigenvalue weighted by Crippen LogP contribution is -2.30. The summed E-state index contributed by atoms with van der Waals surface area (Å²) in [7, 11) is -3.79. The number of nitrogens with one attached hydrogen (secondary N) is 1. The van der Waals surface area contributed by atoms with Crippen LogP contribution in [-0.2, 0) is 16.6 Å². The first kappa shape index (κ1) is 18.6. The molecule has 1 heterocycles.